The lowest BCUT2D eigenvalue weighted by molar-refractivity contribution is -0.117. The summed E-state index contributed by atoms with van der Waals surface area (Å²) in [6.07, 6.45) is 3.08. The van der Waals surface area contributed by atoms with Gasteiger partial charge in [-0.05, 0) is 30.2 Å². The maximum Gasteiger partial charge on any atom is 0.333 e. The number of benzene rings is 2. The molecule has 0 aliphatic carbocycles. The molecule has 0 bridgehead atoms. The molecular formula is C21H21N5O3. The number of urea groups is 1. The van der Waals surface area contributed by atoms with Crippen LogP contribution in [0.15, 0.2) is 54.7 Å². The van der Waals surface area contributed by atoms with Crippen LogP contribution >= 0.6 is 0 Å². The molecule has 2 aromatic carbocycles. The van der Waals surface area contributed by atoms with E-state index in [1.54, 1.807) is 11.1 Å². The number of rotatable bonds is 4. The smallest absolute Gasteiger partial charge is 0.333 e. The van der Waals surface area contributed by atoms with Crippen molar-refractivity contribution in [2.75, 3.05) is 11.4 Å². The van der Waals surface area contributed by atoms with Gasteiger partial charge in [-0.1, -0.05) is 30.3 Å². The number of anilines is 1. The second kappa shape index (κ2) is 8.05. The van der Waals surface area contributed by atoms with E-state index in [4.69, 9.17) is 0 Å². The summed E-state index contributed by atoms with van der Waals surface area (Å²) in [5.74, 6) is -0.265. The fourth-order valence-corrected chi connectivity index (χ4v) is 3.38. The highest BCUT2D eigenvalue weighted by atomic mass is 16.2. The third-order valence-corrected chi connectivity index (χ3v) is 4.90. The summed E-state index contributed by atoms with van der Waals surface area (Å²) < 4.78 is 0. The van der Waals surface area contributed by atoms with Crippen molar-refractivity contribution in [3.05, 3.63) is 65.9 Å². The van der Waals surface area contributed by atoms with Crippen LogP contribution < -0.4 is 21.1 Å². The third-order valence-electron chi connectivity index (χ3n) is 4.90. The summed E-state index contributed by atoms with van der Waals surface area (Å²) in [7, 11) is 0. The number of aromatic amines is 1. The van der Waals surface area contributed by atoms with Gasteiger partial charge in [-0.3, -0.25) is 15.0 Å². The second-order valence-electron chi connectivity index (χ2n) is 6.83. The molecule has 1 aromatic heterocycles. The maximum atomic E-state index is 12.3. The Kier molecular flexibility index (Phi) is 5.15. The number of para-hydroxylation sites is 1. The predicted molar refractivity (Wildman–Crippen MR) is 109 cm³/mol. The first kappa shape index (κ1) is 18.5. The van der Waals surface area contributed by atoms with E-state index in [2.05, 4.69) is 21.2 Å². The Morgan fingerprint density at radius 3 is 2.59 bits per heavy atom. The molecule has 4 rings (SSSR count). The molecule has 8 heteroatoms. The van der Waals surface area contributed by atoms with E-state index in [1.807, 2.05) is 48.5 Å². The summed E-state index contributed by atoms with van der Waals surface area (Å²) in [5, 5.41) is 3.46. The first-order valence-electron chi connectivity index (χ1n) is 9.41. The molecule has 1 fully saturated rings. The van der Waals surface area contributed by atoms with Crippen LogP contribution in [0.25, 0.3) is 10.9 Å². The largest absolute Gasteiger partial charge is 0.360 e. The number of amides is 4. The number of carbonyl (C=O) groups is 3. The zero-order valence-electron chi connectivity index (χ0n) is 15.7. The van der Waals surface area contributed by atoms with Crippen LogP contribution in [0.3, 0.4) is 0 Å². The van der Waals surface area contributed by atoms with Crippen LogP contribution in [0.2, 0.25) is 0 Å². The molecule has 0 atom stereocenters. The van der Waals surface area contributed by atoms with Crippen LogP contribution in [0.4, 0.5) is 10.5 Å². The molecule has 29 heavy (non-hydrogen) atoms. The molecule has 8 nitrogen and oxygen atoms in total. The Labute approximate surface area is 167 Å². The second-order valence-corrected chi connectivity index (χ2v) is 6.83. The Morgan fingerprint density at radius 2 is 1.83 bits per heavy atom. The fraction of sp³-hybridized carbons (Fsp3) is 0.190. The number of hydrogen-bond acceptors (Lipinski definition) is 3. The Balaban J connectivity index is 1.27. The summed E-state index contributed by atoms with van der Waals surface area (Å²) in [4.78, 5) is 40.8. The molecule has 0 saturated carbocycles. The highest BCUT2D eigenvalue weighted by Crippen LogP contribution is 2.21. The summed E-state index contributed by atoms with van der Waals surface area (Å²) in [6, 6.07) is 14.4. The van der Waals surface area contributed by atoms with Crippen molar-refractivity contribution in [2.24, 2.45) is 0 Å². The van der Waals surface area contributed by atoms with Crippen molar-refractivity contribution < 1.29 is 14.4 Å². The number of nitrogens with one attached hydrogen (secondary N) is 4. The molecule has 3 aromatic rings. The summed E-state index contributed by atoms with van der Waals surface area (Å²) in [6.45, 7) is 1.04. The Bertz CT molecular complexity index is 1060. The molecule has 2 heterocycles. The first-order valence-corrected chi connectivity index (χ1v) is 9.41. The number of nitrogens with zero attached hydrogens (tertiary/aromatic N) is 1. The van der Waals surface area contributed by atoms with Crippen LogP contribution in [0.5, 0.6) is 0 Å². The van der Waals surface area contributed by atoms with E-state index >= 15 is 0 Å². The minimum Gasteiger partial charge on any atom is -0.360 e. The number of carbonyl (C=O) groups excluding carboxylic acids is 3. The van der Waals surface area contributed by atoms with Gasteiger partial charge in [-0.15, -0.1) is 0 Å². The van der Waals surface area contributed by atoms with Gasteiger partial charge in [-0.2, -0.15) is 0 Å². The van der Waals surface area contributed by atoms with Crippen molar-refractivity contribution in [1.82, 2.24) is 21.2 Å². The first-order chi connectivity index (χ1) is 14.1. The van der Waals surface area contributed by atoms with Crippen LogP contribution in [-0.2, 0) is 11.3 Å². The van der Waals surface area contributed by atoms with Gasteiger partial charge in [0.15, 0.2) is 0 Å². The van der Waals surface area contributed by atoms with E-state index in [9.17, 15) is 14.4 Å². The Morgan fingerprint density at radius 1 is 1.03 bits per heavy atom. The van der Waals surface area contributed by atoms with Crippen molar-refractivity contribution in [2.45, 2.75) is 19.4 Å². The molecule has 0 unspecified atom stereocenters. The van der Waals surface area contributed by atoms with E-state index in [-0.39, 0.29) is 5.91 Å². The minimum atomic E-state index is -0.517. The van der Waals surface area contributed by atoms with Crippen molar-refractivity contribution in [1.29, 1.82) is 0 Å². The fourth-order valence-electron chi connectivity index (χ4n) is 3.38. The lowest BCUT2D eigenvalue weighted by Crippen LogP contribution is -2.46. The van der Waals surface area contributed by atoms with Gasteiger partial charge in [0.05, 0.1) is 5.56 Å². The summed E-state index contributed by atoms with van der Waals surface area (Å²) >= 11 is 0. The average Bonchev–Trinajstić information content (AvgIpc) is 3.37. The van der Waals surface area contributed by atoms with E-state index in [0.29, 0.717) is 18.5 Å². The molecule has 148 valence electrons. The zero-order chi connectivity index (χ0) is 20.2. The number of aromatic nitrogens is 1. The number of fused-ring (bicyclic) bond motifs is 1. The minimum absolute atomic E-state index is 0.140. The van der Waals surface area contributed by atoms with Crippen LogP contribution in [-0.4, -0.2) is 29.4 Å². The lowest BCUT2D eigenvalue weighted by Gasteiger charge is -2.16. The van der Waals surface area contributed by atoms with E-state index < -0.39 is 11.9 Å². The predicted octanol–water partition coefficient (Wildman–Crippen LogP) is 2.44. The van der Waals surface area contributed by atoms with Crippen molar-refractivity contribution >= 4 is 34.4 Å². The highest BCUT2D eigenvalue weighted by Gasteiger charge is 2.21. The normalized spacial score (nSPS) is 13.5. The Hall–Kier alpha value is -3.81. The molecule has 4 N–H and O–H groups in total. The van der Waals surface area contributed by atoms with Gasteiger partial charge < -0.3 is 15.2 Å². The quantitative estimate of drug-likeness (QED) is 0.513. The van der Waals surface area contributed by atoms with Crippen molar-refractivity contribution in [3.8, 4) is 0 Å². The number of hydrazine groups is 1. The SMILES string of the molecule is O=C(NCc1ccc(N2CCCC2=O)cc1)NNC(=O)c1c[nH]c2ccccc12. The van der Waals surface area contributed by atoms with Gasteiger partial charge in [0.25, 0.3) is 5.91 Å². The monoisotopic (exact) mass is 391 g/mol. The molecule has 1 aliphatic heterocycles. The van der Waals surface area contributed by atoms with Gasteiger partial charge in [0.1, 0.15) is 0 Å². The van der Waals surface area contributed by atoms with Gasteiger partial charge in [0.2, 0.25) is 5.91 Å². The van der Waals surface area contributed by atoms with E-state index in [1.165, 1.54) is 0 Å². The molecule has 1 saturated heterocycles. The molecule has 4 amide bonds. The molecule has 1 aliphatic rings. The van der Waals surface area contributed by atoms with Crippen LogP contribution in [0.1, 0.15) is 28.8 Å². The number of H-pyrrole nitrogens is 1. The van der Waals surface area contributed by atoms with Gasteiger partial charge in [0, 0.05) is 42.3 Å². The van der Waals surface area contributed by atoms with E-state index in [0.717, 1.165) is 35.1 Å². The number of hydrogen-bond donors (Lipinski definition) is 4. The standard InChI is InChI=1S/C21H21N5O3/c27-19-6-3-11-26(19)15-9-7-14(8-10-15)12-23-21(29)25-24-20(28)17-13-22-18-5-2-1-4-16(17)18/h1-2,4-5,7-10,13,22H,3,6,11-12H2,(H,24,28)(H2,23,25,29). The zero-order valence-corrected chi connectivity index (χ0v) is 15.7. The van der Waals surface area contributed by atoms with Gasteiger partial charge in [-0.25, -0.2) is 10.2 Å². The topological polar surface area (TPSA) is 106 Å². The van der Waals surface area contributed by atoms with Crippen molar-refractivity contribution in [3.63, 3.8) is 0 Å². The van der Waals surface area contributed by atoms with Crippen LogP contribution in [0, 0.1) is 0 Å². The summed E-state index contributed by atoms with van der Waals surface area (Å²) in [5.41, 5.74) is 7.81. The maximum absolute atomic E-state index is 12.3. The molecule has 0 radical (unpaired) electrons. The van der Waals surface area contributed by atoms with Gasteiger partial charge >= 0.3 is 6.03 Å². The third kappa shape index (κ3) is 4.06. The average molecular weight is 391 g/mol. The highest BCUT2D eigenvalue weighted by molar-refractivity contribution is 6.07. The lowest BCUT2D eigenvalue weighted by atomic mass is 10.2. The molecular weight excluding hydrogens is 370 g/mol. The molecule has 0 spiro atoms.